The Morgan fingerprint density at radius 1 is 0.447 bits per heavy atom. The average molecular weight is 608 g/mol. The lowest BCUT2D eigenvalue weighted by Crippen LogP contribution is -2.29. The van der Waals surface area contributed by atoms with Gasteiger partial charge in [0.25, 0.3) is 0 Å². The second kappa shape index (κ2) is 10.5. The van der Waals surface area contributed by atoms with Crippen molar-refractivity contribution < 1.29 is 9.15 Å². The Kier molecular flexibility index (Phi) is 6.09. The molecule has 0 saturated carbocycles. The number of aromatic nitrogens is 3. The monoisotopic (exact) mass is 607 g/mol. The minimum absolute atomic E-state index is 0.412. The zero-order valence-electron chi connectivity index (χ0n) is 25.9. The number of nitrogens with zero attached hydrogens (tertiary/aromatic N) is 3. The minimum atomic E-state index is -0.412. The second-order valence-electron chi connectivity index (χ2n) is 12.4. The third-order valence-corrected chi connectivity index (χ3v) is 8.97. The van der Waals surface area contributed by atoms with Gasteiger partial charge in [0.15, 0.2) is 17.5 Å². The summed E-state index contributed by atoms with van der Waals surface area (Å²) < 4.78 is 12.9. The predicted octanol–water partition coefficient (Wildman–Crippen LogP) is 10.7. The Morgan fingerprint density at radius 3 is 1.77 bits per heavy atom. The van der Waals surface area contributed by atoms with E-state index in [0.29, 0.717) is 17.5 Å². The van der Waals surface area contributed by atoms with Crippen LogP contribution in [0.5, 0.6) is 5.75 Å². The summed E-state index contributed by atoms with van der Waals surface area (Å²) in [6.07, 6.45) is 0. The van der Waals surface area contributed by atoms with Gasteiger partial charge in [-0.05, 0) is 66.9 Å². The molecule has 6 aromatic carbocycles. The van der Waals surface area contributed by atoms with E-state index < -0.39 is 5.60 Å². The molecule has 47 heavy (non-hydrogen) atoms. The lowest BCUT2D eigenvalue weighted by molar-refractivity contribution is 0.106. The summed E-state index contributed by atoms with van der Waals surface area (Å²) in [7, 11) is 0. The van der Waals surface area contributed by atoms with Gasteiger partial charge in [-0.3, -0.25) is 0 Å². The lowest BCUT2D eigenvalue weighted by Gasteiger charge is -2.35. The van der Waals surface area contributed by atoms with Gasteiger partial charge in [0.05, 0.1) is 0 Å². The highest BCUT2D eigenvalue weighted by molar-refractivity contribution is 6.07. The van der Waals surface area contributed by atoms with Crippen LogP contribution in [0, 0.1) is 0 Å². The summed E-state index contributed by atoms with van der Waals surface area (Å²) in [5.41, 5.74) is 9.69. The molecule has 0 N–H and O–H groups in total. The van der Waals surface area contributed by atoms with E-state index in [-0.39, 0.29) is 0 Å². The number of fused-ring (bicyclic) bond motifs is 6. The smallest absolute Gasteiger partial charge is 0.164 e. The van der Waals surface area contributed by atoms with Gasteiger partial charge in [-0.1, -0.05) is 103 Å². The molecule has 0 spiro atoms. The molecular formula is C42H29N3O2. The van der Waals surface area contributed by atoms with E-state index in [4.69, 9.17) is 24.1 Å². The van der Waals surface area contributed by atoms with Crippen LogP contribution in [0.1, 0.15) is 19.4 Å². The van der Waals surface area contributed by atoms with Crippen molar-refractivity contribution in [1.29, 1.82) is 0 Å². The van der Waals surface area contributed by atoms with E-state index in [1.165, 1.54) is 11.1 Å². The van der Waals surface area contributed by atoms with Crippen LogP contribution >= 0.6 is 0 Å². The van der Waals surface area contributed by atoms with Crippen molar-refractivity contribution in [2.24, 2.45) is 0 Å². The summed E-state index contributed by atoms with van der Waals surface area (Å²) in [5, 5.41) is 2.05. The highest BCUT2D eigenvalue weighted by Crippen LogP contribution is 2.46. The Hall–Kier alpha value is -6.07. The number of benzene rings is 6. The van der Waals surface area contributed by atoms with Crippen LogP contribution in [-0.2, 0) is 5.60 Å². The van der Waals surface area contributed by atoms with Gasteiger partial charge in [0, 0.05) is 38.6 Å². The van der Waals surface area contributed by atoms with Gasteiger partial charge in [-0.2, -0.15) is 0 Å². The third-order valence-electron chi connectivity index (χ3n) is 8.97. The van der Waals surface area contributed by atoms with Crippen molar-refractivity contribution in [3.05, 3.63) is 145 Å². The molecule has 0 unspecified atom stereocenters. The molecule has 0 saturated heterocycles. The summed E-state index contributed by atoms with van der Waals surface area (Å²) in [6, 6.07) is 47.5. The van der Waals surface area contributed by atoms with Crippen molar-refractivity contribution in [2.45, 2.75) is 19.4 Å². The molecule has 5 nitrogen and oxygen atoms in total. The summed E-state index contributed by atoms with van der Waals surface area (Å²) in [4.78, 5) is 14.7. The Balaban J connectivity index is 1.12. The zero-order chi connectivity index (χ0) is 31.5. The van der Waals surface area contributed by atoms with Crippen molar-refractivity contribution in [3.8, 4) is 62.2 Å². The summed E-state index contributed by atoms with van der Waals surface area (Å²) >= 11 is 0. The fourth-order valence-electron chi connectivity index (χ4n) is 6.62. The summed E-state index contributed by atoms with van der Waals surface area (Å²) in [6.45, 7) is 4.25. The quantitative estimate of drug-likeness (QED) is 0.199. The summed E-state index contributed by atoms with van der Waals surface area (Å²) in [5.74, 6) is 2.78. The van der Waals surface area contributed by atoms with Crippen LogP contribution in [0.2, 0.25) is 0 Å². The maximum Gasteiger partial charge on any atom is 0.164 e. The number of ether oxygens (including phenoxy) is 1. The van der Waals surface area contributed by atoms with Gasteiger partial charge < -0.3 is 9.15 Å². The molecule has 8 aromatic rings. The molecule has 9 rings (SSSR count). The largest absolute Gasteiger partial charge is 0.482 e. The van der Waals surface area contributed by atoms with Crippen molar-refractivity contribution in [2.75, 3.05) is 0 Å². The molecule has 0 radical (unpaired) electrons. The first-order valence-corrected chi connectivity index (χ1v) is 15.8. The molecule has 3 heterocycles. The minimum Gasteiger partial charge on any atom is -0.482 e. The molecule has 5 heteroatoms. The predicted molar refractivity (Wildman–Crippen MR) is 188 cm³/mol. The Bertz CT molecular complexity index is 2410. The van der Waals surface area contributed by atoms with E-state index in [1.54, 1.807) is 0 Å². The van der Waals surface area contributed by atoms with Gasteiger partial charge in [-0.15, -0.1) is 0 Å². The van der Waals surface area contributed by atoms with Gasteiger partial charge in [0.1, 0.15) is 22.5 Å². The van der Waals surface area contributed by atoms with E-state index in [1.807, 2.05) is 72.8 Å². The molecule has 0 fully saturated rings. The standard InChI is InChI=1S/C42H29N3O2/c1-42(2)35-16-10-9-15-31(35)32-20-17-29(25-38(32)47-42)28-18-21-33-34-23-30(19-22-36(34)46-37(33)24-28)41-44-39(26-11-5-3-6-12-26)43-40(45-41)27-13-7-4-8-14-27/h3-25H,1-2H3. The van der Waals surface area contributed by atoms with Gasteiger partial charge in [-0.25, -0.2) is 15.0 Å². The van der Waals surface area contributed by atoms with Crippen LogP contribution in [0.3, 0.4) is 0 Å². The highest BCUT2D eigenvalue weighted by atomic mass is 16.5. The maximum atomic E-state index is 6.53. The normalized spacial score (nSPS) is 13.2. The molecular weight excluding hydrogens is 578 g/mol. The molecule has 0 aliphatic carbocycles. The number of hydrogen-bond donors (Lipinski definition) is 0. The van der Waals surface area contributed by atoms with Crippen LogP contribution in [0.25, 0.3) is 78.4 Å². The van der Waals surface area contributed by atoms with Crippen LogP contribution in [0.15, 0.2) is 144 Å². The highest BCUT2D eigenvalue weighted by Gasteiger charge is 2.32. The van der Waals surface area contributed by atoms with Crippen LogP contribution < -0.4 is 4.74 Å². The van der Waals surface area contributed by atoms with E-state index in [2.05, 4.69) is 80.6 Å². The first-order chi connectivity index (χ1) is 23.0. The number of furan rings is 1. The number of hydrogen-bond acceptors (Lipinski definition) is 5. The topological polar surface area (TPSA) is 61.0 Å². The molecule has 1 aliphatic rings. The van der Waals surface area contributed by atoms with Crippen molar-refractivity contribution >= 4 is 21.9 Å². The van der Waals surface area contributed by atoms with E-state index >= 15 is 0 Å². The fourth-order valence-corrected chi connectivity index (χ4v) is 6.62. The molecule has 0 bridgehead atoms. The van der Waals surface area contributed by atoms with Gasteiger partial charge in [0.2, 0.25) is 0 Å². The van der Waals surface area contributed by atoms with Crippen molar-refractivity contribution in [1.82, 2.24) is 15.0 Å². The SMILES string of the molecule is CC1(C)Oc2cc(-c3ccc4c(c3)oc3ccc(-c5nc(-c6ccccc6)nc(-c6ccccc6)n5)cc34)ccc2-c2ccccc21. The Morgan fingerprint density at radius 2 is 1.04 bits per heavy atom. The molecule has 224 valence electrons. The molecule has 0 amide bonds. The first kappa shape index (κ1) is 27.3. The van der Waals surface area contributed by atoms with Crippen LogP contribution in [0.4, 0.5) is 0 Å². The average Bonchev–Trinajstić information content (AvgIpc) is 3.49. The number of rotatable bonds is 4. The lowest BCUT2D eigenvalue weighted by atomic mass is 9.85. The van der Waals surface area contributed by atoms with Gasteiger partial charge >= 0.3 is 0 Å². The first-order valence-electron chi connectivity index (χ1n) is 15.8. The Labute approximate surface area is 272 Å². The maximum absolute atomic E-state index is 6.53. The fraction of sp³-hybridized carbons (Fsp3) is 0.0714. The zero-order valence-corrected chi connectivity index (χ0v) is 25.9. The molecule has 0 atom stereocenters. The third kappa shape index (κ3) is 4.67. The molecule has 1 aliphatic heterocycles. The van der Waals surface area contributed by atoms with E-state index in [0.717, 1.165) is 61.1 Å². The van der Waals surface area contributed by atoms with Crippen LogP contribution in [-0.4, -0.2) is 15.0 Å². The van der Waals surface area contributed by atoms with Crippen molar-refractivity contribution in [3.63, 3.8) is 0 Å². The second-order valence-corrected chi connectivity index (χ2v) is 12.4. The van der Waals surface area contributed by atoms with E-state index in [9.17, 15) is 0 Å². The molecule has 2 aromatic heterocycles.